The molecule has 3 aromatic rings. The molecule has 24 heavy (non-hydrogen) atoms. The van der Waals surface area contributed by atoms with E-state index in [4.69, 9.17) is 10.5 Å². The topological polar surface area (TPSA) is 95.2 Å². The number of fused-ring (bicyclic) bond motifs is 1. The van der Waals surface area contributed by atoms with Crippen LogP contribution in [-0.2, 0) is 4.74 Å². The number of benzene rings is 1. The number of aldehydes is 1. The van der Waals surface area contributed by atoms with Gasteiger partial charge in [0.1, 0.15) is 16.0 Å². The summed E-state index contributed by atoms with van der Waals surface area (Å²) in [6.07, 6.45) is 0.780. The van der Waals surface area contributed by atoms with Gasteiger partial charge >= 0.3 is 5.97 Å². The molecule has 0 bridgehead atoms. The minimum Gasteiger partial charge on any atom is -0.462 e. The Balaban J connectivity index is 2.24. The van der Waals surface area contributed by atoms with Crippen LogP contribution in [0.15, 0.2) is 24.3 Å². The number of anilines is 1. The smallest absolute Gasteiger partial charge is 0.348 e. The van der Waals surface area contributed by atoms with Crippen molar-refractivity contribution >= 4 is 39.8 Å². The van der Waals surface area contributed by atoms with E-state index >= 15 is 0 Å². The number of carbonyl (C=O) groups excluding carboxylic acids is 2. The fourth-order valence-electron chi connectivity index (χ4n) is 2.41. The maximum Gasteiger partial charge on any atom is 0.348 e. The van der Waals surface area contributed by atoms with Crippen LogP contribution in [0.4, 0.5) is 5.95 Å². The van der Waals surface area contributed by atoms with Crippen LogP contribution in [-0.4, -0.2) is 28.8 Å². The van der Waals surface area contributed by atoms with Crippen molar-refractivity contribution in [1.82, 2.24) is 9.97 Å². The molecule has 0 atom stereocenters. The van der Waals surface area contributed by atoms with E-state index in [1.54, 1.807) is 25.1 Å². The van der Waals surface area contributed by atoms with E-state index in [0.29, 0.717) is 33.0 Å². The van der Waals surface area contributed by atoms with Gasteiger partial charge in [-0.3, -0.25) is 4.79 Å². The maximum atomic E-state index is 12.0. The van der Waals surface area contributed by atoms with Crippen LogP contribution in [0.3, 0.4) is 0 Å². The Morgan fingerprint density at radius 2 is 2.12 bits per heavy atom. The standard InChI is InChI=1S/C17H15N3O3S/c1-3-23-16(22)13-7-12-14(19-17(18)20-15(12)24-13)11-6-10(8-21)5-4-9(11)2/h4-8H,3H2,1-2H3,(H2,18,19,20). The Kier molecular flexibility index (Phi) is 4.26. The molecular weight excluding hydrogens is 326 g/mol. The first-order valence-corrected chi connectivity index (χ1v) is 8.15. The molecule has 2 aromatic heterocycles. The van der Waals surface area contributed by atoms with Gasteiger partial charge in [0.25, 0.3) is 0 Å². The number of nitrogens with zero attached hydrogens (tertiary/aromatic N) is 2. The largest absolute Gasteiger partial charge is 0.462 e. The molecule has 2 heterocycles. The zero-order valence-corrected chi connectivity index (χ0v) is 14.0. The molecule has 0 fully saturated rings. The molecule has 0 radical (unpaired) electrons. The summed E-state index contributed by atoms with van der Waals surface area (Å²) in [7, 11) is 0. The minimum absolute atomic E-state index is 0.116. The lowest BCUT2D eigenvalue weighted by atomic mass is 10.0. The molecule has 3 rings (SSSR count). The highest BCUT2D eigenvalue weighted by atomic mass is 32.1. The van der Waals surface area contributed by atoms with Gasteiger partial charge in [-0.25, -0.2) is 14.8 Å². The number of hydrogen-bond donors (Lipinski definition) is 1. The maximum absolute atomic E-state index is 12.0. The van der Waals surface area contributed by atoms with Crippen LogP contribution in [0.5, 0.6) is 0 Å². The van der Waals surface area contributed by atoms with Crippen molar-refractivity contribution in [1.29, 1.82) is 0 Å². The second-order valence-corrected chi connectivity index (χ2v) is 6.20. The number of rotatable bonds is 4. The molecule has 0 spiro atoms. The van der Waals surface area contributed by atoms with Gasteiger partial charge < -0.3 is 10.5 Å². The highest BCUT2D eigenvalue weighted by Crippen LogP contribution is 2.34. The van der Waals surface area contributed by atoms with Crippen LogP contribution >= 0.6 is 11.3 Å². The molecule has 2 N–H and O–H groups in total. The van der Waals surface area contributed by atoms with E-state index in [1.807, 2.05) is 13.0 Å². The molecule has 6 nitrogen and oxygen atoms in total. The number of esters is 1. The first-order valence-electron chi connectivity index (χ1n) is 7.34. The molecule has 0 saturated heterocycles. The molecule has 0 amide bonds. The van der Waals surface area contributed by atoms with Gasteiger partial charge in [-0.15, -0.1) is 11.3 Å². The van der Waals surface area contributed by atoms with Crippen LogP contribution in [0.2, 0.25) is 0 Å². The monoisotopic (exact) mass is 341 g/mol. The number of ether oxygens (including phenoxy) is 1. The molecule has 0 aliphatic carbocycles. The van der Waals surface area contributed by atoms with Gasteiger partial charge in [0.15, 0.2) is 0 Å². The zero-order valence-electron chi connectivity index (χ0n) is 13.2. The molecule has 0 unspecified atom stereocenters. The molecule has 122 valence electrons. The highest BCUT2D eigenvalue weighted by molar-refractivity contribution is 7.20. The van der Waals surface area contributed by atoms with E-state index in [0.717, 1.165) is 17.4 Å². The van der Waals surface area contributed by atoms with Crippen LogP contribution < -0.4 is 5.73 Å². The van der Waals surface area contributed by atoms with Crippen molar-refractivity contribution in [3.05, 3.63) is 40.3 Å². The Bertz CT molecular complexity index is 950. The Labute approximate surface area is 142 Å². The second-order valence-electron chi connectivity index (χ2n) is 5.17. The molecular formula is C17H15N3O3S. The summed E-state index contributed by atoms with van der Waals surface area (Å²) >= 11 is 1.21. The summed E-state index contributed by atoms with van der Waals surface area (Å²) < 4.78 is 5.04. The molecule has 1 aromatic carbocycles. The van der Waals surface area contributed by atoms with Gasteiger partial charge in [0.05, 0.1) is 12.3 Å². The van der Waals surface area contributed by atoms with Crippen molar-refractivity contribution in [2.75, 3.05) is 12.3 Å². The van der Waals surface area contributed by atoms with Gasteiger partial charge in [-0.05, 0) is 31.5 Å². The van der Waals surface area contributed by atoms with Gasteiger partial charge in [0.2, 0.25) is 5.95 Å². The van der Waals surface area contributed by atoms with Crippen molar-refractivity contribution < 1.29 is 14.3 Å². The Hall–Kier alpha value is -2.80. The predicted octanol–water partition coefficient (Wildman–Crippen LogP) is 3.24. The van der Waals surface area contributed by atoms with E-state index in [9.17, 15) is 9.59 Å². The Morgan fingerprint density at radius 1 is 1.33 bits per heavy atom. The van der Waals surface area contributed by atoms with Crippen LogP contribution in [0, 0.1) is 6.92 Å². The highest BCUT2D eigenvalue weighted by Gasteiger charge is 2.18. The van der Waals surface area contributed by atoms with Crippen LogP contribution in [0.1, 0.15) is 32.5 Å². The van der Waals surface area contributed by atoms with Crippen molar-refractivity contribution in [3.63, 3.8) is 0 Å². The van der Waals surface area contributed by atoms with Crippen molar-refractivity contribution in [2.24, 2.45) is 0 Å². The number of aryl methyl sites for hydroxylation is 1. The summed E-state index contributed by atoms with van der Waals surface area (Å²) in [4.78, 5) is 32.6. The molecule has 7 heteroatoms. The minimum atomic E-state index is -0.400. The average molecular weight is 341 g/mol. The summed E-state index contributed by atoms with van der Waals surface area (Å²) in [5.41, 5.74) is 8.70. The first kappa shape index (κ1) is 16.1. The lowest BCUT2D eigenvalue weighted by Crippen LogP contribution is -2.01. The van der Waals surface area contributed by atoms with Gasteiger partial charge in [0, 0.05) is 16.5 Å². The number of hydrogen-bond acceptors (Lipinski definition) is 7. The van der Waals surface area contributed by atoms with E-state index in [2.05, 4.69) is 9.97 Å². The summed E-state index contributed by atoms with van der Waals surface area (Å²) in [5, 5.41) is 0.711. The average Bonchev–Trinajstić information content (AvgIpc) is 2.99. The number of carbonyl (C=O) groups is 2. The second kappa shape index (κ2) is 6.37. The summed E-state index contributed by atoms with van der Waals surface area (Å²) in [6, 6.07) is 7.05. The fraction of sp³-hybridized carbons (Fsp3) is 0.176. The van der Waals surface area contributed by atoms with Crippen molar-refractivity contribution in [3.8, 4) is 11.3 Å². The lowest BCUT2D eigenvalue weighted by molar-refractivity contribution is 0.0532. The van der Waals surface area contributed by atoms with E-state index in [-0.39, 0.29) is 5.95 Å². The van der Waals surface area contributed by atoms with E-state index < -0.39 is 5.97 Å². The SMILES string of the molecule is CCOC(=O)c1cc2c(-c3cc(C=O)ccc3C)nc(N)nc2s1. The fourth-order valence-corrected chi connectivity index (χ4v) is 3.35. The quantitative estimate of drug-likeness (QED) is 0.578. The van der Waals surface area contributed by atoms with Gasteiger partial charge in [-0.2, -0.15) is 0 Å². The summed E-state index contributed by atoms with van der Waals surface area (Å²) in [5.74, 6) is -0.283. The molecule has 0 aliphatic heterocycles. The third kappa shape index (κ3) is 2.85. The lowest BCUT2D eigenvalue weighted by Gasteiger charge is -2.08. The normalized spacial score (nSPS) is 10.8. The Morgan fingerprint density at radius 3 is 2.83 bits per heavy atom. The third-order valence-corrected chi connectivity index (χ3v) is 4.55. The van der Waals surface area contributed by atoms with Crippen molar-refractivity contribution in [2.45, 2.75) is 13.8 Å². The summed E-state index contributed by atoms with van der Waals surface area (Å²) in [6.45, 7) is 3.98. The number of aromatic nitrogens is 2. The first-order chi connectivity index (χ1) is 11.5. The number of nitrogens with two attached hydrogens (primary N) is 1. The third-order valence-electron chi connectivity index (χ3n) is 3.54. The zero-order chi connectivity index (χ0) is 17.3. The van der Waals surface area contributed by atoms with E-state index in [1.165, 1.54) is 11.3 Å². The van der Waals surface area contributed by atoms with Crippen LogP contribution in [0.25, 0.3) is 21.5 Å². The number of nitrogen functional groups attached to an aromatic ring is 1. The number of thiophene rings is 1. The van der Waals surface area contributed by atoms with Gasteiger partial charge in [-0.1, -0.05) is 12.1 Å². The molecule has 0 aliphatic rings. The predicted molar refractivity (Wildman–Crippen MR) is 93.3 cm³/mol. The molecule has 0 saturated carbocycles.